The van der Waals surface area contributed by atoms with Crippen LogP contribution in [-0.4, -0.2) is 37.1 Å². The van der Waals surface area contributed by atoms with Gasteiger partial charge in [0, 0.05) is 19.6 Å². The van der Waals surface area contributed by atoms with Crippen LogP contribution in [0.1, 0.15) is 18.4 Å². The highest BCUT2D eigenvalue weighted by Gasteiger charge is 2.17. The van der Waals surface area contributed by atoms with Crippen LogP contribution in [0.2, 0.25) is 0 Å². The van der Waals surface area contributed by atoms with Gasteiger partial charge in [-0.2, -0.15) is 0 Å². The maximum atomic E-state index is 12.1. The summed E-state index contributed by atoms with van der Waals surface area (Å²) in [6.07, 6.45) is -0.400. The minimum Gasteiger partial charge on any atom is -0.488 e. The third-order valence-electron chi connectivity index (χ3n) is 3.11. The molecule has 6 heteroatoms. The van der Waals surface area contributed by atoms with E-state index in [-0.39, 0.29) is 6.03 Å². The Labute approximate surface area is 116 Å². The van der Waals surface area contributed by atoms with E-state index in [1.807, 2.05) is 6.07 Å². The Morgan fingerprint density at radius 1 is 1.35 bits per heavy atom. The number of urea groups is 1. The number of rotatable bonds is 5. The van der Waals surface area contributed by atoms with Crippen LogP contribution in [-0.2, 0) is 6.54 Å². The molecule has 1 heterocycles. The summed E-state index contributed by atoms with van der Waals surface area (Å²) < 4.78 is 29.1. The van der Waals surface area contributed by atoms with Gasteiger partial charge in [0.05, 0.1) is 0 Å². The fourth-order valence-corrected chi connectivity index (χ4v) is 2.11. The molecule has 1 aliphatic rings. The Hall–Kier alpha value is -1.85. The Kier molecular flexibility index (Phi) is 5.15. The smallest absolute Gasteiger partial charge is 0.317 e. The lowest BCUT2D eigenvalue weighted by Crippen LogP contribution is -2.37. The molecule has 20 heavy (non-hydrogen) atoms. The number of carbonyl (C=O) groups excluding carboxylic acids is 1. The molecule has 0 atom stereocenters. The van der Waals surface area contributed by atoms with Crippen molar-refractivity contribution in [2.24, 2.45) is 0 Å². The fourth-order valence-electron chi connectivity index (χ4n) is 2.11. The number of amides is 2. The summed E-state index contributed by atoms with van der Waals surface area (Å²) in [4.78, 5) is 13.6. The quantitative estimate of drug-likeness (QED) is 0.903. The largest absolute Gasteiger partial charge is 0.488 e. The summed E-state index contributed by atoms with van der Waals surface area (Å²) in [6.45, 7) is 1.33. The van der Waals surface area contributed by atoms with Crippen LogP contribution >= 0.6 is 0 Å². The average Bonchev–Trinajstić information content (AvgIpc) is 2.97. The van der Waals surface area contributed by atoms with Crippen LogP contribution in [0.3, 0.4) is 0 Å². The van der Waals surface area contributed by atoms with Gasteiger partial charge in [-0.05, 0) is 30.5 Å². The Morgan fingerprint density at radius 3 is 2.80 bits per heavy atom. The van der Waals surface area contributed by atoms with E-state index < -0.39 is 13.0 Å². The predicted octanol–water partition coefficient (Wildman–Crippen LogP) is 2.64. The number of likely N-dealkylation sites (tertiary alicyclic amines) is 1. The third-order valence-corrected chi connectivity index (χ3v) is 3.11. The van der Waals surface area contributed by atoms with Crippen LogP contribution in [0, 0.1) is 0 Å². The van der Waals surface area contributed by atoms with Crippen molar-refractivity contribution >= 4 is 6.03 Å². The standard InChI is InChI=1S/C14H18F2N2O2/c15-13(16)10-20-12-5-3-4-11(8-12)9-17-14(19)18-6-1-2-7-18/h3-5,8,13H,1-2,6-7,9-10H2,(H,17,19). The second kappa shape index (κ2) is 7.07. The van der Waals surface area contributed by atoms with Gasteiger partial charge in [-0.1, -0.05) is 12.1 Å². The molecular formula is C14H18F2N2O2. The number of carbonyl (C=O) groups is 1. The first-order valence-electron chi connectivity index (χ1n) is 6.68. The number of hydrogen-bond acceptors (Lipinski definition) is 2. The third kappa shape index (κ3) is 4.36. The van der Waals surface area contributed by atoms with Crippen LogP contribution in [0.5, 0.6) is 5.75 Å². The lowest BCUT2D eigenvalue weighted by molar-refractivity contribution is 0.0818. The molecule has 1 N–H and O–H groups in total. The average molecular weight is 284 g/mol. The second-order valence-electron chi connectivity index (χ2n) is 4.70. The molecule has 2 rings (SSSR count). The summed E-state index contributed by atoms with van der Waals surface area (Å²) in [5.41, 5.74) is 0.823. The Bertz CT molecular complexity index is 449. The van der Waals surface area contributed by atoms with Gasteiger partial charge in [-0.15, -0.1) is 0 Å². The van der Waals surface area contributed by atoms with Crippen LogP contribution in [0.4, 0.5) is 13.6 Å². The number of hydrogen-bond donors (Lipinski definition) is 1. The Morgan fingerprint density at radius 2 is 2.10 bits per heavy atom. The molecule has 0 spiro atoms. The molecule has 0 saturated carbocycles. The molecule has 0 radical (unpaired) electrons. The molecular weight excluding hydrogens is 266 g/mol. The number of ether oxygens (including phenoxy) is 1. The van der Waals surface area contributed by atoms with Crippen LogP contribution in [0.15, 0.2) is 24.3 Å². The SMILES string of the molecule is O=C(NCc1cccc(OCC(F)F)c1)N1CCCC1. The first-order valence-corrected chi connectivity index (χ1v) is 6.68. The first kappa shape index (κ1) is 14.6. The van der Waals surface area contributed by atoms with Crippen molar-refractivity contribution in [1.82, 2.24) is 10.2 Å². The van der Waals surface area contributed by atoms with Gasteiger partial charge in [0.25, 0.3) is 6.43 Å². The van der Waals surface area contributed by atoms with Gasteiger partial charge < -0.3 is 15.0 Å². The highest BCUT2D eigenvalue weighted by Crippen LogP contribution is 2.14. The minimum absolute atomic E-state index is 0.0820. The number of halogens is 2. The number of nitrogens with zero attached hydrogens (tertiary/aromatic N) is 1. The van der Waals surface area contributed by atoms with Gasteiger partial charge in [0.1, 0.15) is 12.4 Å². The first-order chi connectivity index (χ1) is 9.65. The molecule has 4 nitrogen and oxygen atoms in total. The number of nitrogens with one attached hydrogen (secondary N) is 1. The van der Waals surface area contributed by atoms with E-state index in [0.717, 1.165) is 31.5 Å². The molecule has 0 aliphatic carbocycles. The Balaban J connectivity index is 1.82. The van der Waals surface area contributed by atoms with E-state index in [1.165, 1.54) is 0 Å². The van der Waals surface area contributed by atoms with Gasteiger partial charge in [-0.25, -0.2) is 13.6 Å². The summed E-state index contributed by atoms with van der Waals surface area (Å²) in [5, 5.41) is 2.82. The monoisotopic (exact) mass is 284 g/mol. The van der Waals surface area contributed by atoms with Gasteiger partial charge in [0.2, 0.25) is 0 Å². The molecule has 110 valence electrons. The number of alkyl halides is 2. The zero-order valence-corrected chi connectivity index (χ0v) is 11.1. The topological polar surface area (TPSA) is 41.6 Å². The maximum Gasteiger partial charge on any atom is 0.317 e. The lowest BCUT2D eigenvalue weighted by Gasteiger charge is -2.16. The van der Waals surface area contributed by atoms with Crippen LogP contribution in [0.25, 0.3) is 0 Å². The fraction of sp³-hybridized carbons (Fsp3) is 0.500. The van der Waals surface area contributed by atoms with Crippen molar-refractivity contribution < 1.29 is 18.3 Å². The van der Waals surface area contributed by atoms with E-state index in [9.17, 15) is 13.6 Å². The normalized spacial score (nSPS) is 14.7. The minimum atomic E-state index is -2.49. The van der Waals surface area contributed by atoms with Crippen molar-refractivity contribution in [3.8, 4) is 5.75 Å². The molecule has 0 unspecified atom stereocenters. The molecule has 0 bridgehead atoms. The number of benzene rings is 1. The summed E-state index contributed by atoms with van der Waals surface area (Å²) in [6, 6.07) is 6.74. The maximum absolute atomic E-state index is 12.1. The summed E-state index contributed by atoms with van der Waals surface area (Å²) >= 11 is 0. The molecule has 1 aromatic rings. The predicted molar refractivity (Wildman–Crippen MR) is 71.0 cm³/mol. The molecule has 0 aromatic heterocycles. The molecule has 2 amide bonds. The lowest BCUT2D eigenvalue weighted by atomic mass is 10.2. The van der Waals surface area contributed by atoms with Crippen molar-refractivity contribution in [2.75, 3.05) is 19.7 Å². The van der Waals surface area contributed by atoms with E-state index in [0.29, 0.717) is 12.3 Å². The zero-order valence-electron chi connectivity index (χ0n) is 11.1. The van der Waals surface area contributed by atoms with Crippen molar-refractivity contribution in [3.63, 3.8) is 0 Å². The highest BCUT2D eigenvalue weighted by molar-refractivity contribution is 5.74. The van der Waals surface area contributed by atoms with E-state index in [1.54, 1.807) is 23.1 Å². The summed E-state index contributed by atoms with van der Waals surface area (Å²) in [5.74, 6) is 0.387. The highest BCUT2D eigenvalue weighted by atomic mass is 19.3. The van der Waals surface area contributed by atoms with Gasteiger partial charge >= 0.3 is 6.03 Å². The van der Waals surface area contributed by atoms with Crippen LogP contribution < -0.4 is 10.1 Å². The van der Waals surface area contributed by atoms with Gasteiger partial charge in [-0.3, -0.25) is 0 Å². The van der Waals surface area contributed by atoms with Crippen molar-refractivity contribution in [2.45, 2.75) is 25.8 Å². The second-order valence-corrected chi connectivity index (χ2v) is 4.70. The van der Waals surface area contributed by atoms with E-state index in [2.05, 4.69) is 5.32 Å². The van der Waals surface area contributed by atoms with Crippen molar-refractivity contribution in [1.29, 1.82) is 0 Å². The summed E-state index contributed by atoms with van der Waals surface area (Å²) in [7, 11) is 0. The molecule has 1 aliphatic heterocycles. The van der Waals surface area contributed by atoms with E-state index in [4.69, 9.17) is 4.74 Å². The molecule has 1 saturated heterocycles. The van der Waals surface area contributed by atoms with Crippen molar-refractivity contribution in [3.05, 3.63) is 29.8 Å². The van der Waals surface area contributed by atoms with Gasteiger partial charge in [0.15, 0.2) is 0 Å². The molecule has 1 aromatic carbocycles. The zero-order chi connectivity index (χ0) is 14.4. The van der Waals surface area contributed by atoms with E-state index >= 15 is 0 Å². The molecule has 1 fully saturated rings.